The van der Waals surface area contributed by atoms with Crippen LogP contribution in [0.2, 0.25) is 0 Å². The molecule has 1 atom stereocenters. The van der Waals surface area contributed by atoms with Gasteiger partial charge in [-0.1, -0.05) is 35.5 Å². The van der Waals surface area contributed by atoms with Gasteiger partial charge in [-0.15, -0.1) is 0 Å². The lowest BCUT2D eigenvalue weighted by Crippen LogP contribution is -2.59. The number of piperazine rings is 1. The number of halogens is 1. The highest BCUT2D eigenvalue weighted by Crippen LogP contribution is 2.21. The molecule has 2 aromatic heterocycles. The monoisotopic (exact) mass is 409 g/mol. The quantitative estimate of drug-likeness (QED) is 0.640. The minimum atomic E-state index is -0.892. The Balaban J connectivity index is 1.61. The van der Waals surface area contributed by atoms with E-state index in [2.05, 4.69) is 15.1 Å². The summed E-state index contributed by atoms with van der Waals surface area (Å²) >= 11 is 0. The summed E-state index contributed by atoms with van der Waals surface area (Å²) in [5.41, 5.74) is 0.669. The molecule has 3 heterocycles. The predicted octanol–water partition coefficient (Wildman–Crippen LogP) is 2.01. The predicted molar refractivity (Wildman–Crippen MR) is 104 cm³/mol. The zero-order chi connectivity index (χ0) is 21.1. The second kappa shape index (κ2) is 8.40. The van der Waals surface area contributed by atoms with Gasteiger partial charge in [-0.25, -0.2) is 9.37 Å². The van der Waals surface area contributed by atoms with Crippen molar-refractivity contribution in [3.8, 4) is 0 Å². The highest BCUT2D eigenvalue weighted by atomic mass is 19.1. The number of amides is 2. The van der Waals surface area contributed by atoms with Crippen LogP contribution in [0.1, 0.15) is 27.8 Å². The fourth-order valence-electron chi connectivity index (χ4n) is 3.51. The van der Waals surface area contributed by atoms with E-state index in [-0.39, 0.29) is 30.5 Å². The van der Waals surface area contributed by atoms with E-state index in [1.54, 1.807) is 11.8 Å². The Bertz CT molecular complexity index is 1060. The molecule has 0 radical (unpaired) electrons. The first-order valence-electron chi connectivity index (χ1n) is 9.56. The SMILES string of the molecule is Cc1noc(CC2C(=O)N(Cc3ccccc3)CCN2C(=O)c2ncccc2F)n1. The second-order valence-corrected chi connectivity index (χ2v) is 7.03. The van der Waals surface area contributed by atoms with Crippen LogP contribution >= 0.6 is 0 Å². The van der Waals surface area contributed by atoms with Gasteiger partial charge in [0, 0.05) is 25.8 Å². The molecule has 154 valence electrons. The molecule has 3 aromatic rings. The summed E-state index contributed by atoms with van der Waals surface area (Å²) in [6, 6.07) is 11.3. The number of pyridine rings is 1. The number of hydrogen-bond donors (Lipinski definition) is 0. The van der Waals surface area contributed by atoms with Gasteiger partial charge in [0.2, 0.25) is 11.8 Å². The fourth-order valence-corrected chi connectivity index (χ4v) is 3.51. The van der Waals surface area contributed by atoms with Crippen LogP contribution in [-0.2, 0) is 17.8 Å². The van der Waals surface area contributed by atoms with Crippen LogP contribution in [0.5, 0.6) is 0 Å². The molecule has 0 N–H and O–H groups in total. The van der Waals surface area contributed by atoms with Crippen molar-refractivity contribution in [3.63, 3.8) is 0 Å². The van der Waals surface area contributed by atoms with Crippen LogP contribution in [-0.4, -0.2) is 55.9 Å². The first-order chi connectivity index (χ1) is 14.5. The lowest BCUT2D eigenvalue weighted by molar-refractivity contribution is -0.141. The van der Waals surface area contributed by atoms with Gasteiger partial charge >= 0.3 is 0 Å². The minimum absolute atomic E-state index is 0.0468. The van der Waals surface area contributed by atoms with E-state index in [0.29, 0.717) is 18.9 Å². The molecule has 1 saturated heterocycles. The summed E-state index contributed by atoms with van der Waals surface area (Å²) in [7, 11) is 0. The Morgan fingerprint density at radius 3 is 2.70 bits per heavy atom. The zero-order valence-electron chi connectivity index (χ0n) is 16.4. The molecule has 1 unspecified atom stereocenters. The summed E-state index contributed by atoms with van der Waals surface area (Å²) < 4.78 is 19.3. The average Bonchev–Trinajstić information content (AvgIpc) is 3.16. The number of carbonyl (C=O) groups is 2. The van der Waals surface area contributed by atoms with Crippen LogP contribution < -0.4 is 0 Å². The lowest BCUT2D eigenvalue weighted by atomic mass is 10.0. The first kappa shape index (κ1) is 19.7. The summed E-state index contributed by atoms with van der Waals surface area (Å²) in [6.07, 6.45) is 1.39. The molecule has 0 spiro atoms. The molecule has 1 aliphatic rings. The van der Waals surface area contributed by atoms with Crippen molar-refractivity contribution in [2.75, 3.05) is 13.1 Å². The number of aryl methyl sites for hydroxylation is 1. The van der Waals surface area contributed by atoms with E-state index < -0.39 is 17.8 Å². The maximum absolute atomic E-state index is 14.2. The molecule has 0 aliphatic carbocycles. The summed E-state index contributed by atoms with van der Waals surface area (Å²) in [6.45, 7) is 2.65. The van der Waals surface area contributed by atoms with E-state index in [0.717, 1.165) is 5.56 Å². The van der Waals surface area contributed by atoms with Crippen molar-refractivity contribution in [2.45, 2.75) is 25.9 Å². The molecule has 8 nitrogen and oxygen atoms in total. The van der Waals surface area contributed by atoms with Crippen LogP contribution in [0.15, 0.2) is 53.2 Å². The Morgan fingerprint density at radius 1 is 1.20 bits per heavy atom. The molecular formula is C21H20FN5O3. The van der Waals surface area contributed by atoms with Gasteiger partial charge in [-0.3, -0.25) is 9.59 Å². The standard InChI is InChI=1S/C21H20FN5O3/c1-14-24-18(30-25-14)12-17-20(28)26(13-15-6-3-2-4-7-15)10-11-27(17)21(29)19-16(22)8-5-9-23-19/h2-9,17H,10-13H2,1H3. The van der Waals surface area contributed by atoms with E-state index in [4.69, 9.17) is 4.52 Å². The van der Waals surface area contributed by atoms with Gasteiger partial charge in [0.25, 0.3) is 5.91 Å². The third-order valence-corrected chi connectivity index (χ3v) is 4.96. The van der Waals surface area contributed by atoms with Crippen LogP contribution in [0.3, 0.4) is 0 Å². The Morgan fingerprint density at radius 2 is 2.00 bits per heavy atom. The largest absolute Gasteiger partial charge is 0.339 e. The molecule has 0 saturated carbocycles. The third-order valence-electron chi connectivity index (χ3n) is 4.96. The van der Waals surface area contributed by atoms with Crippen LogP contribution in [0.4, 0.5) is 4.39 Å². The number of carbonyl (C=O) groups excluding carboxylic acids is 2. The lowest BCUT2D eigenvalue weighted by Gasteiger charge is -2.40. The average molecular weight is 409 g/mol. The van der Waals surface area contributed by atoms with Crippen molar-refractivity contribution >= 4 is 11.8 Å². The normalized spacial score (nSPS) is 16.7. The summed E-state index contributed by atoms with van der Waals surface area (Å²) in [5, 5.41) is 3.75. The first-order valence-corrected chi connectivity index (χ1v) is 9.56. The highest BCUT2D eigenvalue weighted by Gasteiger charge is 2.39. The van der Waals surface area contributed by atoms with Gasteiger partial charge in [-0.05, 0) is 24.6 Å². The maximum Gasteiger partial charge on any atom is 0.276 e. The molecule has 9 heteroatoms. The summed E-state index contributed by atoms with van der Waals surface area (Å²) in [5.74, 6) is -0.948. The zero-order valence-corrected chi connectivity index (χ0v) is 16.4. The topological polar surface area (TPSA) is 92.4 Å². The smallest absolute Gasteiger partial charge is 0.276 e. The Hall–Kier alpha value is -3.62. The van der Waals surface area contributed by atoms with Crippen LogP contribution in [0, 0.1) is 12.7 Å². The van der Waals surface area contributed by atoms with E-state index >= 15 is 0 Å². The summed E-state index contributed by atoms with van der Waals surface area (Å²) in [4.78, 5) is 37.4. The maximum atomic E-state index is 14.2. The van der Waals surface area contributed by atoms with Crippen LogP contribution in [0.25, 0.3) is 0 Å². The number of nitrogens with zero attached hydrogens (tertiary/aromatic N) is 5. The third kappa shape index (κ3) is 4.05. The fraction of sp³-hybridized carbons (Fsp3) is 0.286. The van der Waals surface area contributed by atoms with Crippen molar-refractivity contribution in [3.05, 3.63) is 77.5 Å². The van der Waals surface area contributed by atoms with Crippen molar-refractivity contribution in [1.82, 2.24) is 24.9 Å². The highest BCUT2D eigenvalue weighted by molar-refractivity contribution is 5.97. The Labute approximate surface area is 172 Å². The van der Waals surface area contributed by atoms with Gasteiger partial charge < -0.3 is 14.3 Å². The van der Waals surface area contributed by atoms with E-state index in [1.807, 2.05) is 30.3 Å². The Kier molecular flexibility index (Phi) is 5.51. The van der Waals surface area contributed by atoms with Gasteiger partial charge in [0.05, 0.1) is 6.42 Å². The number of hydrogen-bond acceptors (Lipinski definition) is 6. The number of rotatable bonds is 5. The van der Waals surface area contributed by atoms with Crippen molar-refractivity contribution in [1.29, 1.82) is 0 Å². The molecule has 1 fully saturated rings. The number of aromatic nitrogens is 3. The van der Waals surface area contributed by atoms with E-state index in [1.165, 1.54) is 23.2 Å². The molecule has 1 aromatic carbocycles. The minimum Gasteiger partial charge on any atom is -0.339 e. The van der Waals surface area contributed by atoms with E-state index in [9.17, 15) is 14.0 Å². The van der Waals surface area contributed by atoms with Crippen molar-refractivity contribution in [2.24, 2.45) is 0 Å². The molecule has 1 aliphatic heterocycles. The molecular weight excluding hydrogens is 389 g/mol. The van der Waals surface area contributed by atoms with Gasteiger partial charge in [-0.2, -0.15) is 4.98 Å². The number of benzene rings is 1. The van der Waals surface area contributed by atoms with Gasteiger partial charge in [0.15, 0.2) is 17.3 Å². The van der Waals surface area contributed by atoms with Gasteiger partial charge in [0.1, 0.15) is 6.04 Å². The van der Waals surface area contributed by atoms with Crippen molar-refractivity contribution < 1.29 is 18.5 Å². The second-order valence-electron chi connectivity index (χ2n) is 7.03. The molecule has 4 rings (SSSR count). The molecule has 30 heavy (non-hydrogen) atoms. The molecule has 0 bridgehead atoms. The molecule has 2 amide bonds.